The van der Waals surface area contributed by atoms with Crippen molar-refractivity contribution < 1.29 is 18.0 Å². The number of carbonyl (C=O) groups is 1. The summed E-state index contributed by atoms with van der Waals surface area (Å²) >= 11 is 1.64. The standard InChI is InChI=1S/C19H21F3N2OS/c1-13-10-11-17(26-13)16-9-3-2-6-12-24(16)18(25)23-15-8-5-4-7-14(15)19(20,21)22/h4-5,7-8,10-11,16H,2-3,6,9,12H2,1H3,(H,23,25)/t16-/m0/s1. The minimum absolute atomic E-state index is 0.0887. The maximum atomic E-state index is 13.2. The van der Waals surface area contributed by atoms with Gasteiger partial charge in [-0.1, -0.05) is 25.0 Å². The summed E-state index contributed by atoms with van der Waals surface area (Å²) in [6.07, 6.45) is -0.801. The molecule has 1 atom stereocenters. The Morgan fingerprint density at radius 2 is 1.92 bits per heavy atom. The first kappa shape index (κ1) is 18.8. The Morgan fingerprint density at radius 1 is 1.15 bits per heavy atom. The predicted molar refractivity (Wildman–Crippen MR) is 97.4 cm³/mol. The van der Waals surface area contributed by atoms with Crippen LogP contribution in [0.5, 0.6) is 0 Å². The maximum absolute atomic E-state index is 13.2. The molecule has 1 fully saturated rings. The number of nitrogens with zero attached hydrogens (tertiary/aromatic N) is 1. The Kier molecular flexibility index (Phi) is 5.55. The summed E-state index contributed by atoms with van der Waals surface area (Å²) < 4.78 is 39.6. The molecule has 1 N–H and O–H groups in total. The normalized spacial score (nSPS) is 18.5. The molecular weight excluding hydrogens is 361 g/mol. The fourth-order valence-corrected chi connectivity index (χ4v) is 4.33. The molecule has 0 saturated carbocycles. The zero-order valence-corrected chi connectivity index (χ0v) is 15.3. The number of anilines is 1. The summed E-state index contributed by atoms with van der Waals surface area (Å²) in [6.45, 7) is 2.55. The van der Waals surface area contributed by atoms with Gasteiger partial charge in [0.05, 0.1) is 17.3 Å². The van der Waals surface area contributed by atoms with Gasteiger partial charge in [-0.2, -0.15) is 13.2 Å². The van der Waals surface area contributed by atoms with E-state index in [2.05, 4.69) is 5.32 Å². The number of thiophene rings is 1. The minimum atomic E-state index is -4.51. The van der Waals surface area contributed by atoms with Crippen molar-refractivity contribution >= 4 is 23.1 Å². The molecule has 1 aliphatic heterocycles. The number of para-hydroxylation sites is 1. The second-order valence-corrected chi connectivity index (χ2v) is 7.80. The molecule has 2 heterocycles. The Balaban J connectivity index is 1.85. The number of likely N-dealkylation sites (tertiary alicyclic amines) is 1. The molecule has 7 heteroatoms. The van der Waals surface area contributed by atoms with Gasteiger partial charge in [-0.05, 0) is 44.0 Å². The number of nitrogens with one attached hydrogen (secondary N) is 1. The van der Waals surface area contributed by atoms with Crippen LogP contribution in [-0.4, -0.2) is 17.5 Å². The van der Waals surface area contributed by atoms with Crippen LogP contribution in [0.2, 0.25) is 0 Å². The molecule has 1 aromatic heterocycles. The van der Waals surface area contributed by atoms with Crippen LogP contribution in [0, 0.1) is 6.92 Å². The average molecular weight is 382 g/mol. The molecule has 1 aliphatic rings. The van der Waals surface area contributed by atoms with Crippen molar-refractivity contribution in [1.82, 2.24) is 4.90 Å². The van der Waals surface area contributed by atoms with Crippen LogP contribution < -0.4 is 5.32 Å². The number of aryl methyl sites for hydroxylation is 1. The molecule has 2 amide bonds. The molecule has 0 bridgehead atoms. The molecule has 0 aliphatic carbocycles. The number of halogens is 3. The van der Waals surface area contributed by atoms with E-state index in [1.54, 1.807) is 16.2 Å². The van der Waals surface area contributed by atoms with Crippen LogP contribution in [0.1, 0.15) is 47.0 Å². The predicted octanol–water partition coefficient (Wildman–Crippen LogP) is 6.22. The van der Waals surface area contributed by atoms with Gasteiger partial charge in [0.15, 0.2) is 0 Å². The van der Waals surface area contributed by atoms with Crippen molar-refractivity contribution in [2.45, 2.75) is 44.8 Å². The Hall–Kier alpha value is -2.02. The van der Waals surface area contributed by atoms with Crippen molar-refractivity contribution in [3.8, 4) is 0 Å². The highest BCUT2D eigenvalue weighted by atomic mass is 32.1. The van der Waals surface area contributed by atoms with Gasteiger partial charge in [-0.3, -0.25) is 0 Å². The molecular formula is C19H21F3N2OS. The lowest BCUT2D eigenvalue weighted by atomic mass is 10.1. The van der Waals surface area contributed by atoms with E-state index in [1.165, 1.54) is 18.2 Å². The van der Waals surface area contributed by atoms with Gasteiger partial charge in [-0.25, -0.2) is 4.79 Å². The Labute approximate surface area is 154 Å². The summed E-state index contributed by atoms with van der Waals surface area (Å²) in [4.78, 5) is 16.8. The van der Waals surface area contributed by atoms with Gasteiger partial charge in [0, 0.05) is 16.3 Å². The Morgan fingerprint density at radius 3 is 2.62 bits per heavy atom. The van der Waals surface area contributed by atoms with E-state index >= 15 is 0 Å². The van der Waals surface area contributed by atoms with Crippen molar-refractivity contribution in [3.05, 3.63) is 51.7 Å². The van der Waals surface area contributed by atoms with Gasteiger partial charge in [0.25, 0.3) is 0 Å². The SMILES string of the molecule is Cc1ccc([C@@H]2CCCCCN2C(=O)Nc2ccccc2C(F)(F)F)s1. The average Bonchev–Trinajstić information content (AvgIpc) is 2.87. The van der Waals surface area contributed by atoms with Crippen molar-refractivity contribution in [3.63, 3.8) is 0 Å². The first-order chi connectivity index (χ1) is 12.4. The van der Waals surface area contributed by atoms with Crippen molar-refractivity contribution in [2.24, 2.45) is 0 Å². The zero-order chi connectivity index (χ0) is 18.7. The molecule has 3 nitrogen and oxygen atoms in total. The van der Waals surface area contributed by atoms with Crippen LogP contribution in [0.4, 0.5) is 23.7 Å². The molecule has 1 aromatic carbocycles. The summed E-state index contributed by atoms with van der Waals surface area (Å²) in [6, 6.07) is 8.56. The quantitative estimate of drug-likeness (QED) is 0.656. The topological polar surface area (TPSA) is 32.3 Å². The summed E-state index contributed by atoms with van der Waals surface area (Å²) in [5.74, 6) is 0. The lowest BCUT2D eigenvalue weighted by molar-refractivity contribution is -0.136. The van der Waals surface area contributed by atoms with Crippen LogP contribution in [0.25, 0.3) is 0 Å². The van der Waals surface area contributed by atoms with Crippen LogP contribution in [-0.2, 0) is 6.18 Å². The summed E-state index contributed by atoms with van der Waals surface area (Å²) in [7, 11) is 0. The van der Waals surface area contributed by atoms with E-state index in [0.29, 0.717) is 6.54 Å². The summed E-state index contributed by atoms with van der Waals surface area (Å²) in [5.41, 5.74) is -1.03. The monoisotopic (exact) mass is 382 g/mol. The highest BCUT2D eigenvalue weighted by molar-refractivity contribution is 7.12. The van der Waals surface area contributed by atoms with Gasteiger partial charge in [-0.15, -0.1) is 11.3 Å². The highest BCUT2D eigenvalue weighted by Crippen LogP contribution is 2.37. The zero-order valence-electron chi connectivity index (χ0n) is 14.5. The minimum Gasteiger partial charge on any atom is -0.317 e. The van der Waals surface area contributed by atoms with E-state index in [-0.39, 0.29) is 11.7 Å². The number of benzene rings is 1. The number of amides is 2. The number of urea groups is 1. The van der Waals surface area contributed by atoms with E-state index in [1.807, 2.05) is 19.1 Å². The van der Waals surface area contributed by atoms with E-state index in [0.717, 1.165) is 41.5 Å². The number of rotatable bonds is 2. The lowest BCUT2D eigenvalue weighted by Crippen LogP contribution is -2.38. The Bertz CT molecular complexity index is 772. The van der Waals surface area contributed by atoms with E-state index in [9.17, 15) is 18.0 Å². The molecule has 0 unspecified atom stereocenters. The third-order valence-electron chi connectivity index (χ3n) is 4.58. The fraction of sp³-hybridized carbons (Fsp3) is 0.421. The molecule has 1 saturated heterocycles. The van der Waals surface area contributed by atoms with Gasteiger partial charge < -0.3 is 10.2 Å². The van der Waals surface area contributed by atoms with E-state index in [4.69, 9.17) is 0 Å². The van der Waals surface area contributed by atoms with Crippen LogP contribution in [0.3, 0.4) is 0 Å². The van der Waals surface area contributed by atoms with Crippen LogP contribution >= 0.6 is 11.3 Å². The first-order valence-electron chi connectivity index (χ1n) is 8.66. The molecule has 2 aromatic rings. The largest absolute Gasteiger partial charge is 0.418 e. The molecule has 140 valence electrons. The molecule has 0 radical (unpaired) electrons. The number of hydrogen-bond acceptors (Lipinski definition) is 2. The summed E-state index contributed by atoms with van der Waals surface area (Å²) in [5, 5.41) is 2.49. The van der Waals surface area contributed by atoms with Crippen molar-refractivity contribution in [1.29, 1.82) is 0 Å². The smallest absolute Gasteiger partial charge is 0.317 e. The van der Waals surface area contributed by atoms with Crippen LogP contribution in [0.15, 0.2) is 36.4 Å². The molecule has 26 heavy (non-hydrogen) atoms. The van der Waals surface area contributed by atoms with Gasteiger partial charge >= 0.3 is 12.2 Å². The fourth-order valence-electron chi connectivity index (χ4n) is 3.31. The van der Waals surface area contributed by atoms with Crippen molar-refractivity contribution in [2.75, 3.05) is 11.9 Å². The maximum Gasteiger partial charge on any atom is 0.418 e. The number of alkyl halides is 3. The number of hydrogen-bond donors (Lipinski definition) is 1. The van der Waals surface area contributed by atoms with Gasteiger partial charge in [0.1, 0.15) is 0 Å². The highest BCUT2D eigenvalue weighted by Gasteiger charge is 2.35. The molecule has 0 spiro atoms. The second-order valence-electron chi connectivity index (χ2n) is 6.48. The van der Waals surface area contributed by atoms with E-state index < -0.39 is 17.8 Å². The molecule has 3 rings (SSSR count). The number of carbonyl (C=O) groups excluding carboxylic acids is 1. The third kappa shape index (κ3) is 4.20. The second kappa shape index (κ2) is 7.70. The third-order valence-corrected chi connectivity index (χ3v) is 5.68. The first-order valence-corrected chi connectivity index (χ1v) is 9.48. The van der Waals surface area contributed by atoms with Gasteiger partial charge in [0.2, 0.25) is 0 Å². The lowest BCUT2D eigenvalue weighted by Gasteiger charge is -2.30.